The number of nitrogens with one attached hydrogen (secondary N) is 1. The van der Waals surface area contributed by atoms with Crippen molar-refractivity contribution in [2.75, 3.05) is 13.1 Å². The Morgan fingerprint density at radius 1 is 1.08 bits per heavy atom. The van der Waals surface area contributed by atoms with Crippen LogP contribution in [0.25, 0.3) is 11.0 Å². The summed E-state index contributed by atoms with van der Waals surface area (Å²) < 4.78 is 41.4. The molecule has 0 aliphatic carbocycles. The Labute approximate surface area is 151 Å². The predicted molar refractivity (Wildman–Crippen MR) is 98.3 cm³/mol. The van der Waals surface area contributed by atoms with E-state index in [0.29, 0.717) is 38.0 Å². The Balaban J connectivity index is 1.82. The molecule has 136 valence electrons. The van der Waals surface area contributed by atoms with Crippen LogP contribution in [0.4, 0.5) is 4.39 Å². The number of hydrogen-bond acceptors (Lipinski definition) is 4. The van der Waals surface area contributed by atoms with Gasteiger partial charge in [0.25, 0.3) is 0 Å². The molecule has 1 saturated heterocycles. The SMILES string of the molecule is O=S(=O)(c1nc2ccccc2n1Cc1ccc(F)cc1)C1CCNCC1. The molecule has 0 saturated carbocycles. The van der Waals surface area contributed by atoms with E-state index in [1.165, 1.54) is 12.1 Å². The van der Waals surface area contributed by atoms with Gasteiger partial charge in [-0.05, 0) is 55.8 Å². The van der Waals surface area contributed by atoms with E-state index < -0.39 is 15.1 Å². The molecule has 1 N–H and O–H groups in total. The van der Waals surface area contributed by atoms with Gasteiger partial charge in [-0.1, -0.05) is 24.3 Å². The molecule has 1 fully saturated rings. The van der Waals surface area contributed by atoms with Crippen molar-refractivity contribution in [2.24, 2.45) is 0 Å². The molecule has 26 heavy (non-hydrogen) atoms. The summed E-state index contributed by atoms with van der Waals surface area (Å²) >= 11 is 0. The summed E-state index contributed by atoms with van der Waals surface area (Å²) in [6, 6.07) is 13.5. The molecular formula is C19H20FN3O2S. The van der Waals surface area contributed by atoms with Crippen LogP contribution in [-0.2, 0) is 16.4 Å². The topological polar surface area (TPSA) is 64.0 Å². The Bertz CT molecular complexity index is 1020. The molecule has 2 aromatic carbocycles. The van der Waals surface area contributed by atoms with Crippen LogP contribution in [0.3, 0.4) is 0 Å². The summed E-state index contributed by atoms with van der Waals surface area (Å²) in [4.78, 5) is 4.45. The third-order valence-corrected chi connectivity index (χ3v) is 7.02. The van der Waals surface area contributed by atoms with E-state index in [2.05, 4.69) is 10.3 Å². The lowest BCUT2D eigenvalue weighted by atomic mass is 10.2. The molecule has 5 nitrogen and oxygen atoms in total. The number of fused-ring (bicyclic) bond motifs is 1. The quantitative estimate of drug-likeness (QED) is 0.764. The first-order chi connectivity index (χ1) is 12.6. The van der Waals surface area contributed by atoms with Crippen LogP contribution >= 0.6 is 0 Å². The normalized spacial score (nSPS) is 16.2. The minimum atomic E-state index is -3.55. The maximum Gasteiger partial charge on any atom is 0.229 e. The van der Waals surface area contributed by atoms with Gasteiger partial charge < -0.3 is 9.88 Å². The molecule has 0 amide bonds. The minimum absolute atomic E-state index is 0.106. The highest BCUT2D eigenvalue weighted by molar-refractivity contribution is 7.91. The molecule has 2 heterocycles. The van der Waals surface area contributed by atoms with Gasteiger partial charge in [0.2, 0.25) is 15.0 Å². The van der Waals surface area contributed by atoms with Gasteiger partial charge in [0.05, 0.1) is 22.8 Å². The number of halogens is 1. The van der Waals surface area contributed by atoms with E-state index >= 15 is 0 Å². The zero-order valence-electron chi connectivity index (χ0n) is 14.2. The van der Waals surface area contributed by atoms with E-state index in [1.54, 1.807) is 16.7 Å². The van der Waals surface area contributed by atoms with E-state index in [1.807, 2.05) is 24.3 Å². The zero-order valence-corrected chi connectivity index (χ0v) is 15.0. The highest BCUT2D eigenvalue weighted by Gasteiger charge is 2.33. The fraction of sp³-hybridized carbons (Fsp3) is 0.316. The maximum absolute atomic E-state index is 13.3. The highest BCUT2D eigenvalue weighted by Crippen LogP contribution is 2.27. The first-order valence-electron chi connectivity index (χ1n) is 8.70. The third-order valence-electron chi connectivity index (χ3n) is 4.85. The fourth-order valence-electron chi connectivity index (χ4n) is 3.45. The van der Waals surface area contributed by atoms with Crippen molar-refractivity contribution in [1.29, 1.82) is 0 Å². The van der Waals surface area contributed by atoms with Gasteiger partial charge in [0.1, 0.15) is 5.82 Å². The number of nitrogens with zero attached hydrogens (tertiary/aromatic N) is 2. The van der Waals surface area contributed by atoms with Gasteiger partial charge in [-0.2, -0.15) is 0 Å². The lowest BCUT2D eigenvalue weighted by Crippen LogP contribution is -2.36. The molecule has 0 spiro atoms. The standard InChI is InChI=1S/C19H20FN3O2S/c20-15-7-5-14(6-8-15)13-23-18-4-2-1-3-17(18)22-19(23)26(24,25)16-9-11-21-12-10-16/h1-8,16,21H,9-13H2. The Kier molecular flexibility index (Phi) is 4.50. The Hall–Kier alpha value is -2.25. The summed E-state index contributed by atoms with van der Waals surface area (Å²) in [5.41, 5.74) is 2.25. The summed E-state index contributed by atoms with van der Waals surface area (Å²) in [5.74, 6) is -0.313. The smallest absolute Gasteiger partial charge is 0.229 e. The van der Waals surface area contributed by atoms with Crippen molar-refractivity contribution in [3.8, 4) is 0 Å². The first-order valence-corrected chi connectivity index (χ1v) is 10.2. The average molecular weight is 373 g/mol. The number of piperidine rings is 1. The van der Waals surface area contributed by atoms with Crippen molar-refractivity contribution in [3.05, 3.63) is 59.9 Å². The van der Waals surface area contributed by atoms with Crippen molar-refractivity contribution < 1.29 is 12.8 Å². The molecule has 4 rings (SSSR count). The summed E-state index contributed by atoms with van der Waals surface area (Å²) in [7, 11) is -3.55. The molecule has 0 bridgehead atoms. The number of benzene rings is 2. The molecule has 7 heteroatoms. The molecule has 0 unspecified atom stereocenters. The first kappa shape index (κ1) is 17.2. The largest absolute Gasteiger partial charge is 0.317 e. The number of para-hydroxylation sites is 2. The second-order valence-electron chi connectivity index (χ2n) is 6.59. The van der Waals surface area contributed by atoms with E-state index in [-0.39, 0.29) is 11.0 Å². The van der Waals surface area contributed by atoms with E-state index in [0.717, 1.165) is 11.1 Å². The minimum Gasteiger partial charge on any atom is -0.317 e. The average Bonchev–Trinajstić information content (AvgIpc) is 3.04. The lowest BCUT2D eigenvalue weighted by Gasteiger charge is -2.22. The van der Waals surface area contributed by atoms with Crippen LogP contribution in [0.2, 0.25) is 0 Å². The fourth-order valence-corrected chi connectivity index (χ4v) is 5.30. The van der Waals surface area contributed by atoms with Crippen LogP contribution in [0, 0.1) is 5.82 Å². The summed E-state index contributed by atoms with van der Waals surface area (Å²) in [6.07, 6.45) is 1.17. The van der Waals surface area contributed by atoms with Crippen molar-refractivity contribution >= 4 is 20.9 Å². The summed E-state index contributed by atoms with van der Waals surface area (Å²) in [5, 5.41) is 2.88. The molecule has 1 aliphatic rings. The van der Waals surface area contributed by atoms with Gasteiger partial charge >= 0.3 is 0 Å². The van der Waals surface area contributed by atoms with Gasteiger partial charge in [-0.15, -0.1) is 0 Å². The van der Waals surface area contributed by atoms with E-state index in [4.69, 9.17) is 0 Å². The third kappa shape index (κ3) is 3.12. The monoisotopic (exact) mass is 373 g/mol. The molecule has 1 aliphatic heterocycles. The molecule has 1 aromatic heterocycles. The lowest BCUT2D eigenvalue weighted by molar-refractivity contribution is 0.489. The van der Waals surface area contributed by atoms with E-state index in [9.17, 15) is 12.8 Å². The number of hydrogen-bond donors (Lipinski definition) is 1. The second-order valence-corrected chi connectivity index (χ2v) is 8.71. The number of sulfone groups is 1. The number of imidazole rings is 1. The Morgan fingerprint density at radius 3 is 2.50 bits per heavy atom. The summed E-state index contributed by atoms with van der Waals surface area (Å²) in [6.45, 7) is 1.73. The second kappa shape index (κ2) is 6.81. The van der Waals surface area contributed by atoms with Crippen LogP contribution in [0.15, 0.2) is 53.7 Å². The van der Waals surface area contributed by atoms with Gasteiger partial charge in [-0.3, -0.25) is 0 Å². The van der Waals surface area contributed by atoms with Crippen LogP contribution < -0.4 is 5.32 Å². The predicted octanol–water partition coefficient (Wildman–Crippen LogP) is 2.75. The number of aromatic nitrogens is 2. The van der Waals surface area contributed by atoms with Crippen molar-refractivity contribution in [1.82, 2.24) is 14.9 Å². The Morgan fingerprint density at radius 2 is 1.77 bits per heavy atom. The molecule has 0 atom stereocenters. The van der Waals surface area contributed by atoms with Gasteiger partial charge in [0.15, 0.2) is 0 Å². The molecular weight excluding hydrogens is 353 g/mol. The van der Waals surface area contributed by atoms with Crippen LogP contribution in [0.1, 0.15) is 18.4 Å². The van der Waals surface area contributed by atoms with Crippen LogP contribution in [-0.4, -0.2) is 36.3 Å². The molecule has 0 radical (unpaired) electrons. The highest BCUT2D eigenvalue weighted by atomic mass is 32.2. The zero-order chi connectivity index (χ0) is 18.1. The van der Waals surface area contributed by atoms with Gasteiger partial charge in [-0.25, -0.2) is 17.8 Å². The van der Waals surface area contributed by atoms with Gasteiger partial charge in [0, 0.05) is 0 Å². The van der Waals surface area contributed by atoms with Crippen LogP contribution in [0.5, 0.6) is 0 Å². The molecule has 3 aromatic rings. The number of rotatable bonds is 4. The van der Waals surface area contributed by atoms with Crippen molar-refractivity contribution in [2.45, 2.75) is 29.8 Å². The maximum atomic E-state index is 13.3. The van der Waals surface area contributed by atoms with Crippen molar-refractivity contribution in [3.63, 3.8) is 0 Å².